The van der Waals surface area contributed by atoms with Crippen LogP contribution in [-0.4, -0.2) is 39.9 Å². The van der Waals surface area contributed by atoms with Crippen LogP contribution >= 0.6 is 11.3 Å². The SMILES string of the molecule is CCc1ccc(S(=O)(=O)NC(CCO)COC)s1. The molecule has 0 aliphatic heterocycles. The van der Waals surface area contributed by atoms with Gasteiger partial charge in [0.15, 0.2) is 0 Å². The van der Waals surface area contributed by atoms with Crippen molar-refractivity contribution >= 4 is 21.4 Å². The van der Waals surface area contributed by atoms with E-state index in [0.29, 0.717) is 10.6 Å². The fraction of sp³-hybridized carbons (Fsp3) is 0.636. The van der Waals surface area contributed by atoms with Gasteiger partial charge in [-0.1, -0.05) is 6.92 Å². The van der Waals surface area contributed by atoms with E-state index in [1.165, 1.54) is 18.4 Å². The highest BCUT2D eigenvalue weighted by Crippen LogP contribution is 2.22. The monoisotopic (exact) mass is 293 g/mol. The summed E-state index contributed by atoms with van der Waals surface area (Å²) in [6, 6.07) is 3.02. The molecule has 1 unspecified atom stereocenters. The van der Waals surface area contributed by atoms with Crippen molar-refractivity contribution in [2.24, 2.45) is 0 Å². The van der Waals surface area contributed by atoms with Crippen molar-refractivity contribution in [1.82, 2.24) is 4.72 Å². The van der Waals surface area contributed by atoms with Gasteiger partial charge < -0.3 is 9.84 Å². The smallest absolute Gasteiger partial charge is 0.250 e. The Hall–Kier alpha value is -0.470. The molecule has 1 atom stereocenters. The van der Waals surface area contributed by atoms with E-state index in [2.05, 4.69) is 4.72 Å². The Morgan fingerprint density at radius 2 is 2.22 bits per heavy atom. The summed E-state index contributed by atoms with van der Waals surface area (Å²) in [6.45, 7) is 2.14. The Morgan fingerprint density at radius 3 is 2.72 bits per heavy atom. The quantitative estimate of drug-likeness (QED) is 0.749. The van der Waals surface area contributed by atoms with Crippen LogP contribution in [0.25, 0.3) is 0 Å². The van der Waals surface area contributed by atoms with Crippen LogP contribution in [0.5, 0.6) is 0 Å². The minimum atomic E-state index is -3.52. The highest BCUT2D eigenvalue weighted by Gasteiger charge is 2.21. The van der Waals surface area contributed by atoms with E-state index < -0.39 is 16.1 Å². The lowest BCUT2D eigenvalue weighted by Crippen LogP contribution is -2.38. The van der Waals surface area contributed by atoms with Gasteiger partial charge in [-0.2, -0.15) is 0 Å². The standard InChI is InChI=1S/C11H19NO4S2/c1-3-10-4-5-11(17-10)18(14,15)12-9(6-7-13)8-16-2/h4-5,9,12-13H,3,6-8H2,1-2H3. The fourth-order valence-corrected chi connectivity index (χ4v) is 4.07. The van der Waals surface area contributed by atoms with Crippen LogP contribution in [0.1, 0.15) is 18.2 Å². The largest absolute Gasteiger partial charge is 0.396 e. The maximum Gasteiger partial charge on any atom is 0.250 e. The van der Waals surface area contributed by atoms with Crippen molar-refractivity contribution in [2.75, 3.05) is 20.3 Å². The molecule has 5 nitrogen and oxygen atoms in total. The summed E-state index contributed by atoms with van der Waals surface area (Å²) in [5.74, 6) is 0. The molecule has 0 saturated heterocycles. The first-order chi connectivity index (χ1) is 8.53. The Morgan fingerprint density at radius 1 is 1.50 bits per heavy atom. The van der Waals surface area contributed by atoms with E-state index >= 15 is 0 Å². The van der Waals surface area contributed by atoms with E-state index in [4.69, 9.17) is 9.84 Å². The molecular formula is C11H19NO4S2. The molecule has 0 saturated carbocycles. The lowest BCUT2D eigenvalue weighted by atomic mass is 10.2. The minimum Gasteiger partial charge on any atom is -0.396 e. The predicted molar refractivity (Wildman–Crippen MR) is 71.4 cm³/mol. The predicted octanol–water partition coefficient (Wildman–Crippen LogP) is 0.986. The van der Waals surface area contributed by atoms with Crippen LogP contribution in [0.15, 0.2) is 16.3 Å². The van der Waals surface area contributed by atoms with Crippen LogP contribution in [0, 0.1) is 0 Å². The Labute approximate surface area is 112 Å². The van der Waals surface area contributed by atoms with Crippen molar-refractivity contribution in [3.05, 3.63) is 17.0 Å². The summed E-state index contributed by atoms with van der Waals surface area (Å²) >= 11 is 1.26. The summed E-state index contributed by atoms with van der Waals surface area (Å²) in [4.78, 5) is 1.03. The summed E-state index contributed by atoms with van der Waals surface area (Å²) in [5.41, 5.74) is 0. The van der Waals surface area contributed by atoms with Gasteiger partial charge in [0.1, 0.15) is 4.21 Å². The Balaban J connectivity index is 2.78. The van der Waals surface area contributed by atoms with E-state index in [1.807, 2.05) is 13.0 Å². The first-order valence-corrected chi connectivity index (χ1v) is 8.04. The van der Waals surface area contributed by atoms with Crippen molar-refractivity contribution in [3.8, 4) is 0 Å². The van der Waals surface area contributed by atoms with Crippen molar-refractivity contribution in [1.29, 1.82) is 0 Å². The number of rotatable bonds is 8. The molecule has 0 bridgehead atoms. The molecule has 0 radical (unpaired) electrons. The molecule has 1 heterocycles. The van der Waals surface area contributed by atoms with Crippen LogP contribution in [0.3, 0.4) is 0 Å². The second-order valence-electron chi connectivity index (χ2n) is 3.86. The van der Waals surface area contributed by atoms with Crippen LogP contribution in [-0.2, 0) is 21.2 Å². The van der Waals surface area contributed by atoms with Crippen molar-refractivity contribution in [3.63, 3.8) is 0 Å². The van der Waals surface area contributed by atoms with Crippen molar-refractivity contribution in [2.45, 2.75) is 30.0 Å². The maximum absolute atomic E-state index is 12.1. The molecule has 7 heteroatoms. The van der Waals surface area contributed by atoms with E-state index in [9.17, 15) is 8.42 Å². The highest BCUT2D eigenvalue weighted by molar-refractivity contribution is 7.91. The van der Waals surface area contributed by atoms with E-state index in [-0.39, 0.29) is 13.2 Å². The molecule has 0 spiro atoms. The van der Waals surface area contributed by atoms with Gasteiger partial charge in [0.25, 0.3) is 0 Å². The van der Waals surface area contributed by atoms with Gasteiger partial charge in [-0.05, 0) is 25.0 Å². The fourth-order valence-electron chi connectivity index (χ4n) is 1.50. The number of methoxy groups -OCH3 is 1. The van der Waals surface area contributed by atoms with E-state index in [0.717, 1.165) is 11.3 Å². The number of hydrogen-bond acceptors (Lipinski definition) is 5. The Kier molecular flexibility index (Phi) is 6.24. The molecule has 2 N–H and O–H groups in total. The average Bonchev–Trinajstić information content (AvgIpc) is 2.78. The Bertz CT molecular complexity index is 449. The number of hydrogen-bond donors (Lipinski definition) is 2. The van der Waals surface area contributed by atoms with Gasteiger partial charge in [0, 0.05) is 24.6 Å². The number of aryl methyl sites for hydroxylation is 1. The molecule has 0 aromatic carbocycles. The lowest BCUT2D eigenvalue weighted by Gasteiger charge is -2.16. The van der Waals surface area contributed by atoms with Gasteiger partial charge in [0.05, 0.1) is 6.61 Å². The van der Waals surface area contributed by atoms with Gasteiger partial charge >= 0.3 is 0 Å². The zero-order chi connectivity index (χ0) is 13.6. The van der Waals surface area contributed by atoms with Crippen LogP contribution < -0.4 is 4.72 Å². The summed E-state index contributed by atoms with van der Waals surface area (Å²) in [5, 5.41) is 8.89. The average molecular weight is 293 g/mol. The molecular weight excluding hydrogens is 274 g/mol. The summed E-state index contributed by atoms with van der Waals surface area (Å²) in [7, 11) is -2.02. The zero-order valence-electron chi connectivity index (χ0n) is 10.5. The van der Waals surface area contributed by atoms with E-state index in [1.54, 1.807) is 6.07 Å². The number of thiophene rings is 1. The molecule has 1 rings (SSSR count). The first kappa shape index (κ1) is 15.6. The molecule has 18 heavy (non-hydrogen) atoms. The molecule has 0 aliphatic carbocycles. The van der Waals surface area contributed by atoms with Gasteiger partial charge in [0.2, 0.25) is 10.0 Å². The lowest BCUT2D eigenvalue weighted by molar-refractivity contribution is 0.158. The number of ether oxygens (including phenoxy) is 1. The van der Waals surface area contributed by atoms with Crippen LogP contribution in [0.4, 0.5) is 0 Å². The van der Waals surface area contributed by atoms with Crippen molar-refractivity contribution < 1.29 is 18.3 Å². The molecule has 1 aromatic heterocycles. The number of sulfonamides is 1. The second-order valence-corrected chi connectivity index (χ2v) is 6.97. The third-order valence-corrected chi connectivity index (χ3v) is 5.66. The first-order valence-electron chi connectivity index (χ1n) is 5.74. The second kappa shape index (κ2) is 7.20. The number of aliphatic hydroxyl groups is 1. The molecule has 0 fully saturated rings. The maximum atomic E-state index is 12.1. The van der Waals surface area contributed by atoms with Gasteiger partial charge in [-0.25, -0.2) is 13.1 Å². The number of nitrogens with one attached hydrogen (secondary N) is 1. The molecule has 0 aliphatic rings. The normalized spacial score (nSPS) is 13.7. The summed E-state index contributed by atoms with van der Waals surface area (Å²) in [6.07, 6.45) is 1.15. The molecule has 104 valence electrons. The molecule has 1 aromatic rings. The minimum absolute atomic E-state index is 0.0821. The van der Waals surface area contributed by atoms with Gasteiger partial charge in [-0.3, -0.25) is 0 Å². The molecule has 0 amide bonds. The van der Waals surface area contributed by atoms with Crippen LogP contribution in [0.2, 0.25) is 0 Å². The van der Waals surface area contributed by atoms with Gasteiger partial charge in [-0.15, -0.1) is 11.3 Å². The zero-order valence-corrected chi connectivity index (χ0v) is 12.2. The third-order valence-electron chi connectivity index (χ3n) is 2.42. The highest BCUT2D eigenvalue weighted by atomic mass is 32.2. The third kappa shape index (κ3) is 4.33. The number of aliphatic hydroxyl groups excluding tert-OH is 1. The topological polar surface area (TPSA) is 75.6 Å². The summed E-state index contributed by atoms with van der Waals surface area (Å²) < 4.78 is 31.9.